The summed E-state index contributed by atoms with van der Waals surface area (Å²) >= 11 is 0. The van der Waals surface area contributed by atoms with Gasteiger partial charge in [-0.25, -0.2) is 0 Å². The van der Waals surface area contributed by atoms with Crippen LogP contribution < -0.4 is 11.1 Å². The summed E-state index contributed by atoms with van der Waals surface area (Å²) in [6.45, 7) is 4.73. The molecule has 0 saturated heterocycles. The van der Waals surface area contributed by atoms with Gasteiger partial charge in [-0.3, -0.25) is 4.79 Å². The molecule has 3 rings (SSSR count). The van der Waals surface area contributed by atoms with Gasteiger partial charge in [0.2, 0.25) is 0 Å². The number of carbonyl (C=O) groups is 1. The largest absolute Gasteiger partial charge is 0.399 e. The Labute approximate surface area is 126 Å². The monoisotopic (exact) mass is 288 g/mol. The molecule has 1 amide bonds. The number of nitrogens with one attached hydrogen (secondary N) is 1. The zero-order chi connectivity index (χ0) is 15.0. The first-order valence-corrected chi connectivity index (χ1v) is 7.85. The standard InChI is InChI=1S/C17H24N2O2/c1-3-21-15-10-14(17(15)7-4-8-17)19-16(20)13-9-12(18)6-5-11(13)2/h5-6,9,14-15H,3-4,7-8,10,18H2,1-2H3,(H,19,20). The molecule has 1 spiro atoms. The lowest BCUT2D eigenvalue weighted by Gasteiger charge is -2.61. The van der Waals surface area contributed by atoms with Gasteiger partial charge in [-0.1, -0.05) is 12.5 Å². The number of hydrogen-bond acceptors (Lipinski definition) is 3. The second kappa shape index (κ2) is 5.34. The summed E-state index contributed by atoms with van der Waals surface area (Å²) in [6.07, 6.45) is 4.83. The van der Waals surface area contributed by atoms with E-state index >= 15 is 0 Å². The lowest BCUT2D eigenvalue weighted by atomic mass is 9.51. The highest BCUT2D eigenvalue weighted by molar-refractivity contribution is 5.96. The van der Waals surface area contributed by atoms with Crippen molar-refractivity contribution in [2.45, 2.75) is 51.7 Å². The molecular weight excluding hydrogens is 264 g/mol. The van der Waals surface area contributed by atoms with Gasteiger partial charge >= 0.3 is 0 Å². The smallest absolute Gasteiger partial charge is 0.251 e. The second-order valence-corrected chi connectivity index (χ2v) is 6.37. The predicted octanol–water partition coefficient (Wildman–Crippen LogP) is 2.65. The number of hydrogen-bond donors (Lipinski definition) is 2. The van der Waals surface area contributed by atoms with Crippen LogP contribution in [0.5, 0.6) is 0 Å². The molecule has 4 heteroatoms. The summed E-state index contributed by atoms with van der Waals surface area (Å²) in [5.74, 6) is -0.00831. The van der Waals surface area contributed by atoms with E-state index in [1.807, 2.05) is 26.0 Å². The molecule has 4 nitrogen and oxygen atoms in total. The summed E-state index contributed by atoms with van der Waals surface area (Å²) in [4.78, 5) is 12.5. The molecule has 2 aliphatic carbocycles. The van der Waals surface area contributed by atoms with E-state index in [1.54, 1.807) is 6.07 Å². The molecule has 0 radical (unpaired) electrons. The fraction of sp³-hybridized carbons (Fsp3) is 0.588. The molecule has 2 saturated carbocycles. The van der Waals surface area contributed by atoms with Crippen LogP contribution in [0.15, 0.2) is 18.2 Å². The van der Waals surface area contributed by atoms with Crippen LogP contribution in [-0.4, -0.2) is 24.7 Å². The molecule has 0 aromatic heterocycles. The lowest BCUT2D eigenvalue weighted by Crippen LogP contribution is -2.67. The number of amides is 1. The summed E-state index contributed by atoms with van der Waals surface area (Å²) in [5.41, 5.74) is 8.27. The van der Waals surface area contributed by atoms with Crippen molar-refractivity contribution in [1.29, 1.82) is 0 Å². The quantitative estimate of drug-likeness (QED) is 0.837. The molecule has 3 N–H and O–H groups in total. The Bertz CT molecular complexity index is 552. The van der Waals surface area contributed by atoms with Gasteiger partial charge in [-0.05, 0) is 50.8 Å². The van der Waals surface area contributed by atoms with Crippen molar-refractivity contribution in [2.75, 3.05) is 12.3 Å². The Morgan fingerprint density at radius 2 is 2.24 bits per heavy atom. The first-order valence-electron chi connectivity index (χ1n) is 7.85. The van der Waals surface area contributed by atoms with E-state index in [4.69, 9.17) is 10.5 Å². The molecule has 2 atom stereocenters. The van der Waals surface area contributed by atoms with Crippen molar-refractivity contribution in [1.82, 2.24) is 5.32 Å². The van der Waals surface area contributed by atoms with Gasteiger partial charge < -0.3 is 15.8 Å². The van der Waals surface area contributed by atoms with Crippen LogP contribution in [-0.2, 0) is 4.74 Å². The summed E-state index contributed by atoms with van der Waals surface area (Å²) in [7, 11) is 0. The van der Waals surface area contributed by atoms with Gasteiger partial charge in [-0.15, -0.1) is 0 Å². The highest BCUT2D eigenvalue weighted by Crippen LogP contribution is 2.57. The van der Waals surface area contributed by atoms with Crippen molar-refractivity contribution >= 4 is 11.6 Å². The third kappa shape index (κ3) is 2.31. The highest BCUT2D eigenvalue weighted by atomic mass is 16.5. The van der Waals surface area contributed by atoms with Gasteiger partial charge in [-0.2, -0.15) is 0 Å². The minimum absolute atomic E-state index is 0.00831. The molecule has 1 aromatic rings. The van der Waals surface area contributed by atoms with Crippen molar-refractivity contribution in [3.8, 4) is 0 Å². The Balaban J connectivity index is 1.70. The zero-order valence-corrected chi connectivity index (χ0v) is 12.8. The molecule has 0 heterocycles. The first kappa shape index (κ1) is 14.4. The fourth-order valence-electron chi connectivity index (χ4n) is 3.76. The molecule has 0 aliphatic heterocycles. The fourth-order valence-corrected chi connectivity index (χ4v) is 3.76. The van der Waals surface area contributed by atoms with Gasteiger partial charge in [0.1, 0.15) is 0 Å². The van der Waals surface area contributed by atoms with E-state index in [2.05, 4.69) is 5.32 Å². The van der Waals surface area contributed by atoms with Crippen LogP contribution in [0.2, 0.25) is 0 Å². The van der Waals surface area contributed by atoms with E-state index in [9.17, 15) is 4.79 Å². The van der Waals surface area contributed by atoms with E-state index in [0.717, 1.165) is 18.6 Å². The van der Waals surface area contributed by atoms with Gasteiger partial charge in [0.15, 0.2) is 0 Å². The number of carbonyl (C=O) groups excluding carboxylic acids is 1. The molecular formula is C17H24N2O2. The van der Waals surface area contributed by atoms with E-state index in [0.29, 0.717) is 17.4 Å². The molecule has 2 fully saturated rings. The number of rotatable bonds is 4. The maximum atomic E-state index is 12.5. The average molecular weight is 288 g/mol. The van der Waals surface area contributed by atoms with E-state index in [1.165, 1.54) is 19.3 Å². The van der Waals surface area contributed by atoms with Crippen molar-refractivity contribution in [3.05, 3.63) is 29.3 Å². The minimum atomic E-state index is -0.00831. The number of benzene rings is 1. The van der Waals surface area contributed by atoms with Crippen LogP contribution >= 0.6 is 0 Å². The molecule has 1 aromatic carbocycles. The molecule has 0 bridgehead atoms. The van der Waals surface area contributed by atoms with Crippen molar-refractivity contribution in [3.63, 3.8) is 0 Å². The third-order valence-electron chi connectivity index (χ3n) is 5.25. The van der Waals surface area contributed by atoms with Crippen LogP contribution in [0.4, 0.5) is 5.69 Å². The zero-order valence-electron chi connectivity index (χ0n) is 12.8. The van der Waals surface area contributed by atoms with Gasteiger partial charge in [0.05, 0.1) is 6.10 Å². The Kier molecular flexibility index (Phi) is 3.66. The normalized spacial score (nSPS) is 26.0. The highest BCUT2D eigenvalue weighted by Gasteiger charge is 2.59. The topological polar surface area (TPSA) is 64.3 Å². The number of nitrogens with two attached hydrogens (primary N) is 1. The van der Waals surface area contributed by atoms with Gasteiger partial charge in [0, 0.05) is 29.3 Å². The van der Waals surface area contributed by atoms with Crippen molar-refractivity contribution in [2.24, 2.45) is 5.41 Å². The predicted molar refractivity (Wildman–Crippen MR) is 83.2 cm³/mol. The number of nitrogen functional groups attached to an aromatic ring is 1. The maximum Gasteiger partial charge on any atom is 0.251 e. The van der Waals surface area contributed by atoms with E-state index < -0.39 is 0 Å². The first-order chi connectivity index (χ1) is 10.1. The molecule has 114 valence electrons. The molecule has 21 heavy (non-hydrogen) atoms. The Morgan fingerprint density at radius 3 is 2.86 bits per heavy atom. The van der Waals surface area contributed by atoms with Crippen molar-refractivity contribution < 1.29 is 9.53 Å². The van der Waals surface area contributed by atoms with Crippen LogP contribution in [0.25, 0.3) is 0 Å². The summed E-state index contributed by atoms with van der Waals surface area (Å²) in [6, 6.07) is 5.73. The molecule has 2 aliphatic rings. The Morgan fingerprint density at radius 1 is 1.48 bits per heavy atom. The van der Waals surface area contributed by atoms with Crippen LogP contribution in [0.3, 0.4) is 0 Å². The maximum absolute atomic E-state index is 12.5. The minimum Gasteiger partial charge on any atom is -0.399 e. The average Bonchev–Trinajstić information content (AvgIpc) is 2.38. The second-order valence-electron chi connectivity index (χ2n) is 6.37. The summed E-state index contributed by atoms with van der Waals surface area (Å²) in [5, 5.41) is 3.21. The van der Waals surface area contributed by atoms with Crippen LogP contribution in [0, 0.1) is 12.3 Å². The SMILES string of the molecule is CCOC1CC(NC(=O)c2cc(N)ccc2C)C12CCC2. The lowest BCUT2D eigenvalue weighted by molar-refractivity contribution is -0.169. The summed E-state index contributed by atoms with van der Waals surface area (Å²) < 4.78 is 5.82. The van der Waals surface area contributed by atoms with E-state index in [-0.39, 0.29) is 17.4 Å². The van der Waals surface area contributed by atoms with Crippen LogP contribution in [0.1, 0.15) is 48.5 Å². The van der Waals surface area contributed by atoms with Gasteiger partial charge in [0.25, 0.3) is 5.91 Å². The molecule has 2 unspecified atom stereocenters. The number of aryl methyl sites for hydroxylation is 1. The number of anilines is 1. The number of ether oxygens (including phenoxy) is 1. The third-order valence-corrected chi connectivity index (χ3v) is 5.25. The Hall–Kier alpha value is -1.55.